The maximum atomic E-state index is 9.14. The molecular formula is C13H16N4O2S. The minimum absolute atomic E-state index is 0.0467. The first kappa shape index (κ1) is 13.5. The van der Waals surface area contributed by atoms with E-state index >= 15 is 0 Å². The lowest BCUT2D eigenvalue weighted by Gasteiger charge is -2.13. The van der Waals surface area contributed by atoms with Crippen LogP contribution in [0.4, 0.5) is 0 Å². The molecule has 0 bridgehead atoms. The summed E-state index contributed by atoms with van der Waals surface area (Å²) in [5.41, 5.74) is 0.773. The predicted molar refractivity (Wildman–Crippen MR) is 76.5 cm³/mol. The normalized spacial score (nSPS) is 22.4. The van der Waals surface area contributed by atoms with E-state index in [4.69, 9.17) is 9.84 Å². The molecule has 2 atom stereocenters. The van der Waals surface area contributed by atoms with E-state index < -0.39 is 0 Å². The van der Waals surface area contributed by atoms with Gasteiger partial charge >= 0.3 is 0 Å². The summed E-state index contributed by atoms with van der Waals surface area (Å²) >= 11 is 1.61. The van der Waals surface area contributed by atoms with Crippen LogP contribution in [0.15, 0.2) is 30.2 Å². The second-order valence-electron chi connectivity index (χ2n) is 4.58. The molecule has 2 unspecified atom stereocenters. The largest absolute Gasteiger partial charge is 0.394 e. The van der Waals surface area contributed by atoms with Crippen LogP contribution in [0.1, 0.15) is 19.1 Å². The SMILES string of the molecule is C=CCSc1ncnc2c1cnn2C1CCC(CO)O1. The topological polar surface area (TPSA) is 73.1 Å². The average Bonchev–Trinajstić information content (AvgIpc) is 3.10. The number of fused-ring (bicyclic) bond motifs is 1. The molecule has 1 aliphatic heterocycles. The number of aromatic nitrogens is 4. The molecule has 0 aromatic carbocycles. The molecule has 0 saturated carbocycles. The van der Waals surface area contributed by atoms with E-state index in [0.717, 1.165) is 34.7 Å². The quantitative estimate of drug-likeness (QED) is 0.514. The molecule has 106 valence electrons. The zero-order chi connectivity index (χ0) is 13.9. The van der Waals surface area contributed by atoms with Gasteiger partial charge in [-0.25, -0.2) is 14.6 Å². The van der Waals surface area contributed by atoms with Gasteiger partial charge in [0.15, 0.2) is 11.9 Å². The van der Waals surface area contributed by atoms with Crippen LogP contribution >= 0.6 is 11.8 Å². The van der Waals surface area contributed by atoms with Crippen molar-refractivity contribution < 1.29 is 9.84 Å². The van der Waals surface area contributed by atoms with E-state index in [1.165, 1.54) is 0 Å². The molecule has 7 heteroatoms. The highest BCUT2D eigenvalue weighted by atomic mass is 32.2. The summed E-state index contributed by atoms with van der Waals surface area (Å²) < 4.78 is 7.53. The van der Waals surface area contributed by atoms with Gasteiger partial charge in [-0.1, -0.05) is 6.08 Å². The Kier molecular flexibility index (Phi) is 4.00. The van der Waals surface area contributed by atoms with E-state index in [2.05, 4.69) is 21.6 Å². The number of aliphatic hydroxyl groups is 1. The van der Waals surface area contributed by atoms with E-state index in [9.17, 15) is 0 Å². The lowest BCUT2D eigenvalue weighted by Crippen LogP contribution is -2.15. The van der Waals surface area contributed by atoms with Gasteiger partial charge in [-0.05, 0) is 12.8 Å². The van der Waals surface area contributed by atoms with Crippen molar-refractivity contribution in [1.82, 2.24) is 19.7 Å². The highest BCUT2D eigenvalue weighted by Gasteiger charge is 2.28. The van der Waals surface area contributed by atoms with Crippen molar-refractivity contribution in [3.8, 4) is 0 Å². The van der Waals surface area contributed by atoms with E-state index in [-0.39, 0.29) is 18.9 Å². The molecule has 3 rings (SSSR count). The van der Waals surface area contributed by atoms with Crippen LogP contribution in [0.3, 0.4) is 0 Å². The molecule has 0 spiro atoms. The van der Waals surface area contributed by atoms with Crippen LogP contribution in [-0.2, 0) is 4.74 Å². The van der Waals surface area contributed by atoms with Gasteiger partial charge in [0.05, 0.1) is 24.3 Å². The van der Waals surface area contributed by atoms with Crippen molar-refractivity contribution in [2.24, 2.45) is 0 Å². The van der Waals surface area contributed by atoms with E-state index in [1.54, 1.807) is 29.0 Å². The number of hydrogen-bond acceptors (Lipinski definition) is 6. The third-order valence-corrected chi connectivity index (χ3v) is 4.26. The highest BCUT2D eigenvalue weighted by Crippen LogP contribution is 2.31. The first-order chi connectivity index (χ1) is 9.83. The number of thioether (sulfide) groups is 1. The summed E-state index contributed by atoms with van der Waals surface area (Å²) in [6.07, 6.45) is 6.58. The Bertz CT molecular complexity index is 615. The van der Waals surface area contributed by atoms with Crippen molar-refractivity contribution in [3.05, 3.63) is 25.2 Å². The van der Waals surface area contributed by atoms with Crippen molar-refractivity contribution >= 4 is 22.8 Å². The summed E-state index contributed by atoms with van der Waals surface area (Å²) in [4.78, 5) is 8.60. The van der Waals surface area contributed by atoms with Gasteiger partial charge in [-0.3, -0.25) is 0 Å². The predicted octanol–water partition coefficient (Wildman–Crippen LogP) is 1.77. The fourth-order valence-electron chi connectivity index (χ4n) is 2.31. The van der Waals surface area contributed by atoms with Gasteiger partial charge in [-0.2, -0.15) is 5.10 Å². The Balaban J connectivity index is 1.91. The fraction of sp³-hybridized carbons (Fsp3) is 0.462. The standard InChI is InChI=1S/C13H16N4O2S/c1-2-5-20-13-10-6-16-17(12(10)14-8-15-13)11-4-3-9(7-18)19-11/h2,6,8-9,11,18H,1,3-5,7H2. The maximum Gasteiger partial charge on any atom is 0.164 e. The fourth-order valence-corrected chi connectivity index (χ4v) is 3.00. The number of aliphatic hydroxyl groups excluding tert-OH is 1. The van der Waals surface area contributed by atoms with Crippen LogP contribution in [0.25, 0.3) is 11.0 Å². The monoisotopic (exact) mass is 292 g/mol. The Morgan fingerprint density at radius 1 is 1.50 bits per heavy atom. The van der Waals surface area contributed by atoms with Gasteiger partial charge in [0.2, 0.25) is 0 Å². The number of hydrogen-bond donors (Lipinski definition) is 1. The molecule has 0 amide bonds. The first-order valence-corrected chi connectivity index (χ1v) is 7.50. The Morgan fingerprint density at radius 2 is 2.40 bits per heavy atom. The minimum atomic E-state index is -0.156. The minimum Gasteiger partial charge on any atom is -0.394 e. The first-order valence-electron chi connectivity index (χ1n) is 6.51. The second-order valence-corrected chi connectivity index (χ2v) is 5.59. The lowest BCUT2D eigenvalue weighted by molar-refractivity contribution is -0.0262. The zero-order valence-electron chi connectivity index (χ0n) is 11.0. The summed E-state index contributed by atoms with van der Waals surface area (Å²) in [7, 11) is 0. The Morgan fingerprint density at radius 3 is 3.15 bits per heavy atom. The number of rotatable bonds is 5. The van der Waals surface area contributed by atoms with Gasteiger partial charge in [-0.15, -0.1) is 18.3 Å². The maximum absolute atomic E-state index is 9.14. The molecule has 0 radical (unpaired) electrons. The molecule has 6 nitrogen and oxygen atoms in total. The van der Waals surface area contributed by atoms with Crippen LogP contribution < -0.4 is 0 Å². The summed E-state index contributed by atoms with van der Waals surface area (Å²) in [5.74, 6) is 0.795. The number of ether oxygens (including phenoxy) is 1. The van der Waals surface area contributed by atoms with Crippen molar-refractivity contribution in [2.75, 3.05) is 12.4 Å². The van der Waals surface area contributed by atoms with Gasteiger partial charge < -0.3 is 9.84 Å². The zero-order valence-corrected chi connectivity index (χ0v) is 11.8. The van der Waals surface area contributed by atoms with Crippen molar-refractivity contribution in [1.29, 1.82) is 0 Å². The molecule has 2 aromatic rings. The van der Waals surface area contributed by atoms with Crippen LogP contribution in [-0.4, -0.2) is 43.3 Å². The molecule has 0 aliphatic carbocycles. The third-order valence-electron chi connectivity index (χ3n) is 3.25. The smallest absolute Gasteiger partial charge is 0.164 e. The highest BCUT2D eigenvalue weighted by molar-refractivity contribution is 7.99. The van der Waals surface area contributed by atoms with Crippen molar-refractivity contribution in [2.45, 2.75) is 30.2 Å². The molecule has 2 aromatic heterocycles. The van der Waals surface area contributed by atoms with Crippen molar-refractivity contribution in [3.63, 3.8) is 0 Å². The number of nitrogens with zero attached hydrogens (tertiary/aromatic N) is 4. The lowest BCUT2D eigenvalue weighted by atomic mass is 10.2. The Hall–Kier alpha value is -1.44. The van der Waals surface area contributed by atoms with Crippen LogP contribution in [0, 0.1) is 0 Å². The second kappa shape index (κ2) is 5.90. The molecule has 1 N–H and O–H groups in total. The molecule has 1 aliphatic rings. The van der Waals surface area contributed by atoms with Gasteiger partial charge in [0, 0.05) is 5.75 Å². The Labute approximate surface area is 120 Å². The summed E-state index contributed by atoms with van der Waals surface area (Å²) in [5, 5.41) is 15.4. The average molecular weight is 292 g/mol. The van der Waals surface area contributed by atoms with Crippen LogP contribution in [0.5, 0.6) is 0 Å². The molecule has 3 heterocycles. The van der Waals surface area contributed by atoms with E-state index in [0.29, 0.717) is 0 Å². The van der Waals surface area contributed by atoms with Gasteiger partial charge in [0.25, 0.3) is 0 Å². The van der Waals surface area contributed by atoms with Gasteiger partial charge in [0.1, 0.15) is 11.4 Å². The van der Waals surface area contributed by atoms with E-state index in [1.807, 2.05) is 6.08 Å². The summed E-state index contributed by atoms with van der Waals surface area (Å²) in [6, 6.07) is 0. The summed E-state index contributed by atoms with van der Waals surface area (Å²) in [6.45, 7) is 3.76. The third kappa shape index (κ3) is 2.44. The van der Waals surface area contributed by atoms with Crippen LogP contribution in [0.2, 0.25) is 0 Å². The molecule has 1 fully saturated rings. The molecule has 1 saturated heterocycles. The molecule has 20 heavy (non-hydrogen) atoms. The molecular weight excluding hydrogens is 276 g/mol.